The van der Waals surface area contributed by atoms with Gasteiger partial charge in [-0.05, 0) is 93.8 Å². The van der Waals surface area contributed by atoms with Crippen molar-refractivity contribution < 1.29 is 0 Å². The van der Waals surface area contributed by atoms with Crippen molar-refractivity contribution in [2.24, 2.45) is 0 Å². The molecule has 3 heteroatoms. The highest BCUT2D eigenvalue weighted by atomic mass is 32.1. The summed E-state index contributed by atoms with van der Waals surface area (Å²) >= 11 is 3.83. The van der Waals surface area contributed by atoms with Gasteiger partial charge in [0.1, 0.15) is 5.00 Å². The molecule has 49 heavy (non-hydrogen) atoms. The summed E-state index contributed by atoms with van der Waals surface area (Å²) in [6.45, 7) is 0. The van der Waals surface area contributed by atoms with Crippen LogP contribution < -0.4 is 4.90 Å². The molecule has 4 heterocycles. The number of rotatable bonds is 3. The predicted octanol–water partition coefficient (Wildman–Crippen LogP) is 13.5. The average Bonchev–Trinajstić information content (AvgIpc) is 3.85. The molecule has 1 nitrogen and oxygen atoms in total. The summed E-state index contributed by atoms with van der Waals surface area (Å²) in [7, 11) is 0. The molecule has 0 radical (unpaired) electrons. The number of fused-ring (bicyclic) bond motifs is 12. The summed E-state index contributed by atoms with van der Waals surface area (Å²) in [5.74, 6) is 0.334. The summed E-state index contributed by atoms with van der Waals surface area (Å²) in [6.07, 6.45) is 7.01. The van der Waals surface area contributed by atoms with Crippen molar-refractivity contribution in [1.29, 1.82) is 0 Å². The van der Waals surface area contributed by atoms with Crippen molar-refractivity contribution in [2.75, 3.05) is 4.90 Å². The van der Waals surface area contributed by atoms with Crippen molar-refractivity contribution in [3.05, 3.63) is 174 Å². The maximum atomic E-state index is 2.70. The minimum absolute atomic E-state index is 0.241. The molecule has 0 spiro atoms. The van der Waals surface area contributed by atoms with Crippen LogP contribution in [0.4, 0.5) is 5.00 Å². The van der Waals surface area contributed by atoms with Crippen LogP contribution in [0, 0.1) is 0 Å². The normalized spacial score (nSPS) is 17.8. The lowest BCUT2D eigenvalue weighted by atomic mass is 9.78. The maximum absolute atomic E-state index is 2.70. The van der Waals surface area contributed by atoms with Gasteiger partial charge in [0.2, 0.25) is 0 Å². The van der Waals surface area contributed by atoms with Gasteiger partial charge in [-0.3, -0.25) is 0 Å². The van der Waals surface area contributed by atoms with E-state index in [1.165, 1.54) is 85.5 Å². The molecule has 3 aliphatic rings. The van der Waals surface area contributed by atoms with E-state index in [1.807, 2.05) is 22.7 Å². The number of hydrogen-bond donors (Lipinski definition) is 0. The Kier molecular flexibility index (Phi) is 6.01. The summed E-state index contributed by atoms with van der Waals surface area (Å²) in [4.78, 5) is 2.70. The van der Waals surface area contributed by atoms with Gasteiger partial charge >= 0.3 is 0 Å². The molecule has 11 rings (SSSR count). The zero-order chi connectivity index (χ0) is 32.1. The van der Waals surface area contributed by atoms with Crippen molar-refractivity contribution in [3.63, 3.8) is 0 Å². The van der Waals surface area contributed by atoms with E-state index in [1.54, 1.807) is 5.57 Å². The highest BCUT2D eigenvalue weighted by molar-refractivity contribution is 7.25. The Labute approximate surface area is 293 Å². The molecule has 6 aromatic carbocycles. The molecule has 0 amide bonds. The van der Waals surface area contributed by atoms with Crippen LogP contribution >= 0.6 is 22.7 Å². The van der Waals surface area contributed by atoms with Crippen molar-refractivity contribution in [1.82, 2.24) is 0 Å². The van der Waals surface area contributed by atoms with Gasteiger partial charge in [0.15, 0.2) is 0 Å². The Hall–Kier alpha value is -5.22. The number of benzene rings is 6. The molecule has 0 saturated carbocycles. The lowest BCUT2D eigenvalue weighted by molar-refractivity contribution is 0.628. The van der Waals surface area contributed by atoms with Crippen molar-refractivity contribution >= 4 is 57.9 Å². The van der Waals surface area contributed by atoms with Crippen LogP contribution in [0.5, 0.6) is 0 Å². The minimum Gasteiger partial charge on any atom is -0.324 e. The number of allylic oxidation sites excluding steroid dienone is 2. The van der Waals surface area contributed by atoms with Crippen molar-refractivity contribution in [2.45, 2.75) is 24.8 Å². The van der Waals surface area contributed by atoms with Crippen LogP contribution in [0.15, 0.2) is 163 Å². The van der Waals surface area contributed by atoms with E-state index in [-0.39, 0.29) is 6.04 Å². The third-order valence-corrected chi connectivity index (χ3v) is 13.3. The van der Waals surface area contributed by atoms with E-state index >= 15 is 0 Å². The van der Waals surface area contributed by atoms with E-state index in [4.69, 9.17) is 0 Å². The second kappa shape index (κ2) is 10.6. The van der Waals surface area contributed by atoms with Gasteiger partial charge in [0.25, 0.3) is 0 Å². The SMILES string of the molecule is C1=CC2=C(CC1)C(c1ccccc1)C1c3ccc(-c4ccc(-c5ccc6sc7ccccc7c6c5)cc4)cc3-c3c(sc4ccccc34)N21. The zero-order valence-electron chi connectivity index (χ0n) is 26.8. The highest BCUT2D eigenvalue weighted by Gasteiger charge is 2.47. The van der Waals surface area contributed by atoms with Crippen LogP contribution in [0.3, 0.4) is 0 Å². The largest absolute Gasteiger partial charge is 0.324 e. The first-order valence-corrected chi connectivity index (χ1v) is 18.9. The highest BCUT2D eigenvalue weighted by Crippen LogP contribution is 2.63. The Balaban J connectivity index is 1.05. The molecule has 1 aliphatic carbocycles. The first kappa shape index (κ1) is 27.7. The van der Waals surface area contributed by atoms with Crippen LogP contribution in [-0.2, 0) is 0 Å². The molecule has 0 saturated heterocycles. The summed E-state index contributed by atoms with van der Waals surface area (Å²) in [6, 6.07) is 52.6. The minimum atomic E-state index is 0.241. The molecule has 2 aromatic heterocycles. The van der Waals surface area contributed by atoms with E-state index in [2.05, 4.69) is 157 Å². The third kappa shape index (κ3) is 4.10. The second-order valence-electron chi connectivity index (χ2n) is 13.5. The van der Waals surface area contributed by atoms with Crippen LogP contribution in [0.1, 0.15) is 35.9 Å². The Morgan fingerprint density at radius 1 is 0.551 bits per heavy atom. The topological polar surface area (TPSA) is 3.24 Å². The number of thiophene rings is 2. The Bertz CT molecular complexity index is 2670. The zero-order valence-corrected chi connectivity index (χ0v) is 28.4. The molecular weight excluding hydrogens is 631 g/mol. The number of anilines is 1. The lowest BCUT2D eigenvalue weighted by Crippen LogP contribution is -2.28. The quantitative estimate of drug-likeness (QED) is 0.182. The standard InChI is InChI=1S/C46H31NS2/c1-2-10-30(11-3-1)43-35-13-4-7-15-39(35)47-45(43)34-24-22-31(27-38(34)44-36-14-6-9-17-41(36)49-46(44)47)28-18-20-29(21-19-28)32-23-25-42-37(26-32)33-12-5-8-16-40(33)48-42/h1-3,5-12,14-27,43,45H,4,13H2. The predicted molar refractivity (Wildman–Crippen MR) is 211 cm³/mol. The molecule has 2 unspecified atom stereocenters. The van der Waals surface area contributed by atoms with Crippen LogP contribution in [0.25, 0.3) is 63.6 Å². The fraction of sp³-hybridized carbons (Fsp3) is 0.0870. The lowest BCUT2D eigenvalue weighted by Gasteiger charge is -2.38. The molecule has 2 aliphatic heterocycles. The van der Waals surface area contributed by atoms with Gasteiger partial charge < -0.3 is 4.90 Å². The fourth-order valence-electron chi connectivity index (χ4n) is 8.74. The Morgan fingerprint density at radius 3 is 2.02 bits per heavy atom. The second-order valence-corrected chi connectivity index (χ2v) is 15.6. The maximum Gasteiger partial charge on any atom is 0.105 e. The van der Waals surface area contributed by atoms with E-state index in [0.717, 1.165) is 12.8 Å². The van der Waals surface area contributed by atoms with Gasteiger partial charge in [-0.15, -0.1) is 22.7 Å². The average molecular weight is 662 g/mol. The van der Waals surface area contributed by atoms with Gasteiger partial charge in [-0.1, -0.05) is 115 Å². The van der Waals surface area contributed by atoms with Gasteiger partial charge in [-0.2, -0.15) is 0 Å². The van der Waals surface area contributed by atoms with E-state index in [9.17, 15) is 0 Å². The monoisotopic (exact) mass is 661 g/mol. The van der Waals surface area contributed by atoms with E-state index < -0.39 is 0 Å². The summed E-state index contributed by atoms with van der Waals surface area (Å²) in [5, 5.41) is 5.44. The molecule has 0 bridgehead atoms. The first-order chi connectivity index (χ1) is 24.3. The molecule has 0 fully saturated rings. The molecule has 0 N–H and O–H groups in total. The number of nitrogens with zero attached hydrogens (tertiary/aromatic N) is 1. The fourth-order valence-corrected chi connectivity index (χ4v) is 11.1. The van der Waals surface area contributed by atoms with Crippen LogP contribution in [0.2, 0.25) is 0 Å². The summed E-state index contributed by atoms with van der Waals surface area (Å²) < 4.78 is 4.05. The van der Waals surface area contributed by atoms with E-state index in [0.29, 0.717) is 5.92 Å². The smallest absolute Gasteiger partial charge is 0.105 e. The first-order valence-electron chi connectivity index (χ1n) is 17.2. The third-order valence-electron chi connectivity index (χ3n) is 10.9. The molecule has 232 valence electrons. The van der Waals surface area contributed by atoms with Gasteiger partial charge in [-0.25, -0.2) is 0 Å². The summed E-state index contributed by atoms with van der Waals surface area (Å²) in [5.41, 5.74) is 13.7. The molecule has 8 aromatic rings. The van der Waals surface area contributed by atoms with Crippen molar-refractivity contribution in [3.8, 4) is 33.4 Å². The Morgan fingerprint density at radius 2 is 1.20 bits per heavy atom. The molecular formula is C46H31NS2. The van der Waals surface area contributed by atoms with Gasteiger partial charge in [0.05, 0.1) is 6.04 Å². The van der Waals surface area contributed by atoms with Gasteiger partial charge in [0, 0.05) is 47.4 Å². The number of hydrogen-bond acceptors (Lipinski definition) is 3. The molecule has 2 atom stereocenters. The van der Waals surface area contributed by atoms with Crippen LogP contribution in [-0.4, -0.2) is 0 Å².